The molecule has 0 saturated heterocycles. The number of amides is 1. The highest BCUT2D eigenvalue weighted by Crippen LogP contribution is 2.27. The molecule has 116 valence electrons. The first-order valence-corrected chi connectivity index (χ1v) is 6.58. The van der Waals surface area contributed by atoms with Crippen molar-refractivity contribution >= 4 is 17.3 Å². The van der Waals surface area contributed by atoms with Crippen molar-refractivity contribution in [1.29, 1.82) is 0 Å². The average Bonchev–Trinajstić information content (AvgIpc) is 2.47. The summed E-state index contributed by atoms with van der Waals surface area (Å²) < 4.78 is 13.6. The summed E-state index contributed by atoms with van der Waals surface area (Å²) in [7, 11) is 1.57. The van der Waals surface area contributed by atoms with Crippen molar-refractivity contribution in [2.75, 3.05) is 12.5 Å². The van der Waals surface area contributed by atoms with Crippen LogP contribution < -0.4 is 11.3 Å². The number of nitrogens with one attached hydrogen (secondary N) is 1. The number of nitrogens with zero attached hydrogens (tertiary/aromatic N) is 2. The molecule has 0 aromatic heterocycles. The van der Waals surface area contributed by atoms with Gasteiger partial charge in [0, 0.05) is 13.1 Å². The van der Waals surface area contributed by atoms with Gasteiger partial charge in [0.2, 0.25) is 0 Å². The lowest BCUT2D eigenvalue weighted by Gasteiger charge is -2.26. The van der Waals surface area contributed by atoms with Crippen LogP contribution in [-0.4, -0.2) is 28.8 Å². The zero-order chi connectivity index (χ0) is 16.2. The smallest absolute Gasteiger partial charge is 0.285 e. The molecule has 0 heterocycles. The molecule has 1 aromatic rings. The summed E-state index contributed by atoms with van der Waals surface area (Å²) in [6.07, 6.45) is 1.44. The summed E-state index contributed by atoms with van der Waals surface area (Å²) in [6, 6.07) is 1.72. The van der Waals surface area contributed by atoms with Gasteiger partial charge in [0.15, 0.2) is 5.82 Å². The predicted molar refractivity (Wildman–Crippen MR) is 77.3 cm³/mol. The van der Waals surface area contributed by atoms with Crippen LogP contribution in [0.25, 0.3) is 0 Å². The van der Waals surface area contributed by atoms with Crippen molar-refractivity contribution in [3.8, 4) is 0 Å². The Morgan fingerprint density at radius 3 is 2.48 bits per heavy atom. The van der Waals surface area contributed by atoms with E-state index in [-0.39, 0.29) is 17.3 Å². The van der Waals surface area contributed by atoms with Crippen molar-refractivity contribution in [1.82, 2.24) is 4.90 Å². The van der Waals surface area contributed by atoms with E-state index in [9.17, 15) is 19.3 Å². The maximum Gasteiger partial charge on any atom is 0.285 e. The summed E-state index contributed by atoms with van der Waals surface area (Å²) >= 11 is 0. The minimum atomic E-state index is -0.883. The number of hydrogen-bond acceptors (Lipinski definition) is 5. The van der Waals surface area contributed by atoms with Gasteiger partial charge in [0.05, 0.1) is 16.7 Å². The largest absolute Gasteiger partial charge is 0.339 e. The molecule has 0 bridgehead atoms. The minimum absolute atomic E-state index is 0.0450. The Balaban J connectivity index is 3.33. The van der Waals surface area contributed by atoms with E-state index >= 15 is 0 Å². The quantitative estimate of drug-likeness (QED) is 0.476. The number of nitrogen functional groups attached to an aromatic ring is 1. The Morgan fingerprint density at radius 1 is 1.48 bits per heavy atom. The predicted octanol–water partition coefficient (Wildman–Crippen LogP) is 2.28. The van der Waals surface area contributed by atoms with Crippen molar-refractivity contribution in [2.45, 2.75) is 32.7 Å². The number of hydrogen-bond donors (Lipinski definition) is 2. The first-order chi connectivity index (χ1) is 9.87. The molecule has 3 N–H and O–H groups in total. The van der Waals surface area contributed by atoms with E-state index in [4.69, 9.17) is 5.84 Å². The third kappa shape index (κ3) is 3.46. The van der Waals surface area contributed by atoms with Crippen LogP contribution in [0, 0.1) is 15.9 Å². The molecule has 0 aliphatic carbocycles. The van der Waals surface area contributed by atoms with Gasteiger partial charge in [0.1, 0.15) is 5.56 Å². The van der Waals surface area contributed by atoms with Gasteiger partial charge in [0.25, 0.3) is 11.6 Å². The second-order valence-corrected chi connectivity index (χ2v) is 4.64. The minimum Gasteiger partial charge on any atom is -0.339 e. The van der Waals surface area contributed by atoms with Crippen LogP contribution in [0.1, 0.15) is 37.0 Å². The fraction of sp³-hybridized carbons (Fsp3) is 0.462. The molecule has 7 nitrogen and oxygen atoms in total. The highest BCUT2D eigenvalue weighted by atomic mass is 19.1. The van der Waals surface area contributed by atoms with Gasteiger partial charge in [-0.15, -0.1) is 0 Å². The average molecular weight is 298 g/mol. The second kappa shape index (κ2) is 6.98. The summed E-state index contributed by atoms with van der Waals surface area (Å²) in [4.78, 5) is 24.1. The summed E-state index contributed by atoms with van der Waals surface area (Å²) in [5.74, 6) is 3.73. The van der Waals surface area contributed by atoms with Crippen LogP contribution in [0.2, 0.25) is 0 Å². The summed E-state index contributed by atoms with van der Waals surface area (Å²) in [5, 5.41) is 11.0. The molecule has 8 heteroatoms. The first kappa shape index (κ1) is 16.8. The number of rotatable bonds is 6. The third-order valence-electron chi connectivity index (χ3n) is 3.48. The summed E-state index contributed by atoms with van der Waals surface area (Å²) in [6.45, 7) is 3.84. The van der Waals surface area contributed by atoms with E-state index < -0.39 is 22.3 Å². The molecule has 0 radical (unpaired) electrons. The fourth-order valence-corrected chi connectivity index (χ4v) is 2.19. The standard InChI is InChI=1S/C13H19FN4O3/c1-4-8(5-2)17(3)13(19)9-6-11(16-15)10(14)7-12(9)18(20)21/h6-8,16H,4-5,15H2,1-3H3. The van der Waals surface area contributed by atoms with Crippen molar-refractivity contribution in [3.63, 3.8) is 0 Å². The van der Waals surface area contributed by atoms with Gasteiger partial charge in [-0.05, 0) is 18.9 Å². The lowest BCUT2D eigenvalue weighted by Crippen LogP contribution is -2.36. The maximum atomic E-state index is 13.6. The van der Waals surface area contributed by atoms with E-state index in [1.807, 2.05) is 13.8 Å². The van der Waals surface area contributed by atoms with Gasteiger partial charge in [-0.3, -0.25) is 20.8 Å². The van der Waals surface area contributed by atoms with Crippen LogP contribution in [0.3, 0.4) is 0 Å². The maximum absolute atomic E-state index is 13.6. The van der Waals surface area contributed by atoms with Gasteiger partial charge >= 0.3 is 0 Å². The highest BCUT2D eigenvalue weighted by Gasteiger charge is 2.27. The molecule has 21 heavy (non-hydrogen) atoms. The van der Waals surface area contributed by atoms with Crippen molar-refractivity contribution in [3.05, 3.63) is 33.6 Å². The fourth-order valence-electron chi connectivity index (χ4n) is 2.19. The molecule has 0 atom stereocenters. The lowest BCUT2D eigenvalue weighted by molar-refractivity contribution is -0.385. The molecule has 0 unspecified atom stereocenters. The number of nitro benzene ring substituents is 1. The number of hydrazine groups is 1. The van der Waals surface area contributed by atoms with Crippen LogP contribution >= 0.6 is 0 Å². The van der Waals surface area contributed by atoms with E-state index in [1.165, 1.54) is 4.90 Å². The SMILES string of the molecule is CCC(CC)N(C)C(=O)c1cc(NN)c(F)cc1[N+](=O)[O-]. The Bertz CT molecular complexity index is 546. The monoisotopic (exact) mass is 298 g/mol. The highest BCUT2D eigenvalue weighted by molar-refractivity contribution is 5.99. The number of nitro groups is 1. The summed E-state index contributed by atoms with van der Waals surface area (Å²) in [5.41, 5.74) is 1.15. The van der Waals surface area contributed by atoms with Crippen LogP contribution in [0.4, 0.5) is 15.8 Å². The molecule has 0 aliphatic heterocycles. The molecule has 0 spiro atoms. The van der Waals surface area contributed by atoms with E-state index in [0.717, 1.165) is 18.9 Å². The van der Waals surface area contributed by atoms with Gasteiger partial charge < -0.3 is 10.3 Å². The molecule has 0 saturated carbocycles. The Labute approximate surface area is 122 Å². The number of benzene rings is 1. The number of carbonyl (C=O) groups is 1. The van der Waals surface area contributed by atoms with Crippen molar-refractivity contribution in [2.24, 2.45) is 5.84 Å². The molecule has 1 aromatic carbocycles. The zero-order valence-electron chi connectivity index (χ0n) is 12.2. The lowest BCUT2D eigenvalue weighted by atomic mass is 10.1. The van der Waals surface area contributed by atoms with Crippen LogP contribution in [0.15, 0.2) is 12.1 Å². The van der Waals surface area contributed by atoms with E-state index in [2.05, 4.69) is 5.43 Å². The van der Waals surface area contributed by atoms with Gasteiger partial charge in [-0.25, -0.2) is 4.39 Å². The molecular formula is C13H19FN4O3. The Kier molecular flexibility index (Phi) is 5.60. The zero-order valence-corrected chi connectivity index (χ0v) is 12.2. The normalized spacial score (nSPS) is 10.6. The molecule has 0 aliphatic rings. The number of halogens is 1. The van der Waals surface area contributed by atoms with Gasteiger partial charge in [-0.2, -0.15) is 0 Å². The Hall–Kier alpha value is -2.22. The number of carbonyl (C=O) groups excluding carboxylic acids is 1. The second-order valence-electron chi connectivity index (χ2n) is 4.64. The topological polar surface area (TPSA) is 102 Å². The molecule has 1 rings (SSSR count). The molecular weight excluding hydrogens is 279 g/mol. The van der Waals surface area contributed by atoms with Crippen LogP contribution in [0.5, 0.6) is 0 Å². The molecule has 0 fully saturated rings. The van der Waals surface area contributed by atoms with Gasteiger partial charge in [-0.1, -0.05) is 13.8 Å². The number of nitrogens with two attached hydrogens (primary N) is 1. The first-order valence-electron chi connectivity index (χ1n) is 6.58. The van der Waals surface area contributed by atoms with E-state index in [0.29, 0.717) is 6.07 Å². The Morgan fingerprint density at radius 2 is 2.05 bits per heavy atom. The molecule has 1 amide bonds. The third-order valence-corrected chi connectivity index (χ3v) is 3.48. The number of anilines is 1. The van der Waals surface area contributed by atoms with Crippen molar-refractivity contribution < 1.29 is 14.1 Å². The van der Waals surface area contributed by atoms with Crippen LogP contribution in [-0.2, 0) is 0 Å². The van der Waals surface area contributed by atoms with E-state index in [1.54, 1.807) is 7.05 Å².